The van der Waals surface area contributed by atoms with Crippen LogP contribution in [0.2, 0.25) is 0 Å². The summed E-state index contributed by atoms with van der Waals surface area (Å²) >= 11 is 1.22. The van der Waals surface area contributed by atoms with Gasteiger partial charge in [0.1, 0.15) is 5.82 Å². The van der Waals surface area contributed by atoms with Gasteiger partial charge in [0, 0.05) is 51.4 Å². The van der Waals surface area contributed by atoms with Crippen molar-refractivity contribution in [2.75, 3.05) is 44.6 Å². The Morgan fingerprint density at radius 3 is 2.41 bits per heavy atom. The molecule has 1 aliphatic heterocycles. The lowest BCUT2D eigenvalue weighted by molar-refractivity contribution is 0.0936. The van der Waals surface area contributed by atoms with Gasteiger partial charge in [0.05, 0.1) is 9.88 Å². The molecule has 0 saturated carbocycles. The maximum atomic E-state index is 13.4. The molecule has 178 valence electrons. The molecule has 1 saturated heterocycles. The van der Waals surface area contributed by atoms with Crippen LogP contribution in [-0.2, 0) is 6.54 Å². The van der Waals surface area contributed by atoms with Crippen molar-refractivity contribution in [2.24, 2.45) is 0 Å². The van der Waals surface area contributed by atoms with Gasteiger partial charge in [-0.15, -0.1) is 11.3 Å². The summed E-state index contributed by atoms with van der Waals surface area (Å²) in [6.07, 6.45) is 0. The van der Waals surface area contributed by atoms with Crippen molar-refractivity contribution in [3.63, 3.8) is 0 Å². The Labute approximate surface area is 203 Å². The van der Waals surface area contributed by atoms with E-state index in [1.54, 1.807) is 12.1 Å². The van der Waals surface area contributed by atoms with Gasteiger partial charge in [0.2, 0.25) is 0 Å². The highest BCUT2D eigenvalue weighted by Crippen LogP contribution is 2.27. The first-order chi connectivity index (χ1) is 16.5. The molecule has 1 fully saturated rings. The molecule has 3 aromatic rings. The van der Waals surface area contributed by atoms with Gasteiger partial charge in [-0.25, -0.2) is 4.39 Å². The Hall–Kier alpha value is -3.07. The quantitative estimate of drug-likeness (QED) is 0.512. The number of hydrogen-bond donors (Lipinski definition) is 2. The van der Waals surface area contributed by atoms with E-state index in [2.05, 4.69) is 44.7 Å². The number of amides is 2. The minimum absolute atomic E-state index is 0.142. The average Bonchev–Trinajstić information content (AvgIpc) is 3.20. The summed E-state index contributed by atoms with van der Waals surface area (Å²) in [6, 6.07) is 17.8. The Morgan fingerprint density at radius 1 is 0.941 bits per heavy atom. The normalized spacial score (nSPS) is 14.6. The van der Waals surface area contributed by atoms with Crippen molar-refractivity contribution in [3.8, 4) is 0 Å². The number of carbonyl (C=O) groups excluding carboxylic acids is 2. The van der Waals surface area contributed by atoms with Crippen LogP contribution in [0, 0.1) is 12.7 Å². The molecule has 6 nitrogen and oxygen atoms in total. The molecule has 1 aromatic heterocycles. The minimum atomic E-state index is -0.465. The average molecular weight is 481 g/mol. The number of piperazine rings is 1. The monoisotopic (exact) mass is 480 g/mol. The van der Waals surface area contributed by atoms with Gasteiger partial charge < -0.3 is 10.6 Å². The summed E-state index contributed by atoms with van der Waals surface area (Å²) < 4.78 is 13.4. The maximum Gasteiger partial charge on any atom is 0.261 e. The molecule has 34 heavy (non-hydrogen) atoms. The molecule has 0 unspecified atom stereocenters. The van der Waals surface area contributed by atoms with Crippen LogP contribution >= 0.6 is 11.3 Å². The number of aryl methyl sites for hydroxylation is 1. The smallest absolute Gasteiger partial charge is 0.261 e. The molecule has 0 aliphatic carbocycles. The number of thiophene rings is 1. The predicted molar refractivity (Wildman–Crippen MR) is 134 cm³/mol. The highest BCUT2D eigenvalue weighted by atomic mass is 32.1. The van der Waals surface area contributed by atoms with E-state index in [0.29, 0.717) is 16.4 Å². The molecule has 1 aliphatic rings. The van der Waals surface area contributed by atoms with Gasteiger partial charge in [-0.2, -0.15) is 0 Å². The standard InChI is InChI=1S/C26H29FN4O2S/c1-19-16-23(29-25(32)21-8-5-9-22(27)17-21)34-24(19)26(33)28-10-11-30-12-14-31(15-13-30)18-20-6-3-2-4-7-20/h2-9,16-17H,10-15,18H2,1H3,(H,28,33)(H,29,32). The van der Waals surface area contributed by atoms with Crippen LogP contribution in [0.3, 0.4) is 0 Å². The van der Waals surface area contributed by atoms with Gasteiger partial charge in [-0.05, 0) is 42.3 Å². The number of hydrogen-bond acceptors (Lipinski definition) is 5. The molecule has 0 spiro atoms. The second kappa shape index (κ2) is 11.4. The molecule has 2 aromatic carbocycles. The fourth-order valence-electron chi connectivity index (χ4n) is 4.00. The molecular formula is C26H29FN4O2S. The molecule has 0 radical (unpaired) electrons. The molecule has 0 atom stereocenters. The largest absolute Gasteiger partial charge is 0.350 e. The number of nitrogens with zero attached hydrogens (tertiary/aromatic N) is 2. The van der Waals surface area contributed by atoms with Crippen molar-refractivity contribution in [1.29, 1.82) is 0 Å². The van der Waals surface area contributed by atoms with Crippen LogP contribution < -0.4 is 10.6 Å². The number of anilines is 1. The lowest BCUT2D eigenvalue weighted by atomic mass is 10.2. The van der Waals surface area contributed by atoms with Crippen LogP contribution in [0.1, 0.15) is 31.2 Å². The Bertz CT molecular complexity index is 1130. The highest BCUT2D eigenvalue weighted by Gasteiger charge is 2.18. The fourth-order valence-corrected chi connectivity index (χ4v) is 4.99. The summed E-state index contributed by atoms with van der Waals surface area (Å²) in [4.78, 5) is 30.4. The number of nitrogens with one attached hydrogen (secondary N) is 2. The van der Waals surface area contributed by atoms with E-state index >= 15 is 0 Å². The molecule has 4 rings (SSSR count). The second-order valence-electron chi connectivity index (χ2n) is 8.45. The highest BCUT2D eigenvalue weighted by molar-refractivity contribution is 7.18. The predicted octanol–water partition coefficient (Wildman–Crippen LogP) is 4.00. The van der Waals surface area contributed by atoms with Crippen LogP contribution in [-0.4, -0.2) is 60.9 Å². The van der Waals surface area contributed by atoms with Gasteiger partial charge in [-0.1, -0.05) is 36.4 Å². The summed E-state index contributed by atoms with van der Waals surface area (Å²) in [7, 11) is 0. The molecule has 2 heterocycles. The topological polar surface area (TPSA) is 64.7 Å². The van der Waals surface area contributed by atoms with Crippen molar-refractivity contribution in [2.45, 2.75) is 13.5 Å². The van der Waals surface area contributed by atoms with Crippen molar-refractivity contribution < 1.29 is 14.0 Å². The molecule has 2 N–H and O–H groups in total. The third kappa shape index (κ3) is 6.50. The summed E-state index contributed by atoms with van der Waals surface area (Å²) in [5.41, 5.74) is 2.37. The van der Waals surface area contributed by atoms with Gasteiger partial charge in [-0.3, -0.25) is 19.4 Å². The molecule has 2 amide bonds. The minimum Gasteiger partial charge on any atom is -0.350 e. The maximum absolute atomic E-state index is 13.4. The SMILES string of the molecule is Cc1cc(NC(=O)c2cccc(F)c2)sc1C(=O)NCCN1CCN(Cc2ccccc2)CC1. The third-order valence-electron chi connectivity index (χ3n) is 5.88. The van der Waals surface area contributed by atoms with Crippen LogP contribution in [0.15, 0.2) is 60.7 Å². The summed E-state index contributed by atoms with van der Waals surface area (Å²) in [6.45, 7) is 8.19. The van der Waals surface area contributed by atoms with Gasteiger partial charge >= 0.3 is 0 Å². The van der Waals surface area contributed by atoms with Crippen LogP contribution in [0.5, 0.6) is 0 Å². The summed E-state index contributed by atoms with van der Waals surface area (Å²) in [5, 5.41) is 6.31. The first-order valence-corrected chi connectivity index (χ1v) is 12.2. The number of carbonyl (C=O) groups is 2. The van der Waals surface area contributed by atoms with E-state index in [9.17, 15) is 14.0 Å². The van der Waals surface area contributed by atoms with Crippen molar-refractivity contribution in [1.82, 2.24) is 15.1 Å². The Kier molecular flexibility index (Phi) is 8.05. The van der Waals surface area contributed by atoms with Gasteiger partial charge in [0.25, 0.3) is 11.8 Å². The van der Waals surface area contributed by atoms with Crippen LogP contribution in [0.25, 0.3) is 0 Å². The Morgan fingerprint density at radius 2 is 1.68 bits per heavy atom. The van der Waals surface area contributed by atoms with E-state index in [0.717, 1.165) is 44.8 Å². The van der Waals surface area contributed by atoms with E-state index < -0.39 is 11.7 Å². The zero-order valence-electron chi connectivity index (χ0n) is 19.2. The third-order valence-corrected chi connectivity index (χ3v) is 7.03. The number of benzene rings is 2. The summed E-state index contributed by atoms with van der Waals surface area (Å²) in [5.74, 6) is -1.01. The fraction of sp³-hybridized carbons (Fsp3) is 0.308. The lowest BCUT2D eigenvalue weighted by Crippen LogP contribution is -2.48. The van der Waals surface area contributed by atoms with E-state index in [1.165, 1.54) is 35.1 Å². The van der Waals surface area contributed by atoms with Crippen molar-refractivity contribution >= 4 is 28.2 Å². The van der Waals surface area contributed by atoms with Crippen LogP contribution in [0.4, 0.5) is 9.39 Å². The molecule has 0 bridgehead atoms. The Balaban J connectivity index is 1.21. The van der Waals surface area contributed by atoms with E-state index in [4.69, 9.17) is 0 Å². The number of rotatable bonds is 8. The zero-order chi connectivity index (χ0) is 23.9. The second-order valence-corrected chi connectivity index (χ2v) is 9.50. The van der Waals surface area contributed by atoms with Gasteiger partial charge in [0.15, 0.2) is 0 Å². The number of halogens is 1. The molecule has 8 heteroatoms. The van der Waals surface area contributed by atoms with E-state index in [1.807, 2.05) is 13.0 Å². The zero-order valence-corrected chi connectivity index (χ0v) is 20.0. The first kappa shape index (κ1) is 24.1. The first-order valence-electron chi connectivity index (χ1n) is 11.4. The van der Waals surface area contributed by atoms with E-state index in [-0.39, 0.29) is 11.5 Å². The lowest BCUT2D eigenvalue weighted by Gasteiger charge is -2.34. The molecular weight excluding hydrogens is 451 g/mol. The van der Waals surface area contributed by atoms with Crippen molar-refractivity contribution in [3.05, 3.63) is 88.0 Å².